The lowest BCUT2D eigenvalue weighted by molar-refractivity contribution is 0.747. The Balaban J connectivity index is 2.04. The largest absolute Gasteiger partial charge is 0.378 e. The Kier molecular flexibility index (Phi) is 3.10. The lowest BCUT2D eigenvalue weighted by Gasteiger charge is -2.07. The molecule has 0 bridgehead atoms. The van der Waals surface area contributed by atoms with Gasteiger partial charge in [0.2, 0.25) is 0 Å². The molecule has 1 N–H and O–H groups in total. The number of aromatic nitrogens is 3. The van der Waals surface area contributed by atoms with Gasteiger partial charge in [-0.25, -0.2) is 4.98 Å². The van der Waals surface area contributed by atoms with Crippen molar-refractivity contribution in [2.24, 2.45) is 7.05 Å². The maximum absolute atomic E-state index is 5.78. The van der Waals surface area contributed by atoms with Crippen molar-refractivity contribution in [2.75, 3.05) is 5.32 Å². The standard InChI is InChI=1S/C11H13ClN4/c1-8-5-11(12)14-7-10(8)13-6-9-3-4-16(2)15-9/h3-5,7,13H,6H2,1-2H3. The molecule has 0 saturated carbocycles. The van der Waals surface area contributed by atoms with Crippen molar-refractivity contribution >= 4 is 17.3 Å². The first-order valence-corrected chi connectivity index (χ1v) is 5.37. The van der Waals surface area contributed by atoms with Crippen molar-refractivity contribution in [1.29, 1.82) is 0 Å². The smallest absolute Gasteiger partial charge is 0.129 e. The molecule has 2 rings (SSSR count). The van der Waals surface area contributed by atoms with Gasteiger partial charge in [-0.05, 0) is 24.6 Å². The zero-order valence-corrected chi connectivity index (χ0v) is 9.99. The highest BCUT2D eigenvalue weighted by Gasteiger charge is 2.01. The molecule has 0 aliphatic rings. The Labute approximate surface area is 99.3 Å². The Morgan fingerprint density at radius 2 is 2.31 bits per heavy atom. The van der Waals surface area contributed by atoms with E-state index < -0.39 is 0 Å². The van der Waals surface area contributed by atoms with E-state index in [1.165, 1.54) is 0 Å². The maximum Gasteiger partial charge on any atom is 0.129 e. The van der Waals surface area contributed by atoms with E-state index in [1.807, 2.05) is 32.3 Å². The fraction of sp³-hybridized carbons (Fsp3) is 0.273. The van der Waals surface area contributed by atoms with Crippen LogP contribution in [0.15, 0.2) is 24.5 Å². The number of rotatable bonds is 3. The van der Waals surface area contributed by atoms with Crippen molar-refractivity contribution in [1.82, 2.24) is 14.8 Å². The monoisotopic (exact) mass is 236 g/mol. The van der Waals surface area contributed by atoms with Gasteiger partial charge in [0.15, 0.2) is 0 Å². The molecule has 0 fully saturated rings. The lowest BCUT2D eigenvalue weighted by atomic mass is 10.2. The topological polar surface area (TPSA) is 42.7 Å². The summed E-state index contributed by atoms with van der Waals surface area (Å²) in [5.74, 6) is 0. The summed E-state index contributed by atoms with van der Waals surface area (Å²) in [6, 6.07) is 3.81. The van der Waals surface area contributed by atoms with Crippen LogP contribution in [0.25, 0.3) is 0 Å². The third-order valence-corrected chi connectivity index (χ3v) is 2.51. The highest BCUT2D eigenvalue weighted by molar-refractivity contribution is 6.29. The molecule has 84 valence electrons. The number of nitrogens with one attached hydrogen (secondary N) is 1. The fourth-order valence-electron chi connectivity index (χ4n) is 1.45. The molecule has 2 aromatic rings. The van der Waals surface area contributed by atoms with Crippen LogP contribution in [-0.4, -0.2) is 14.8 Å². The second-order valence-electron chi connectivity index (χ2n) is 3.66. The van der Waals surface area contributed by atoms with E-state index >= 15 is 0 Å². The predicted octanol–water partition coefficient (Wildman–Crippen LogP) is 2.39. The second kappa shape index (κ2) is 4.53. The van der Waals surface area contributed by atoms with Crippen molar-refractivity contribution < 1.29 is 0 Å². The van der Waals surface area contributed by atoms with E-state index in [4.69, 9.17) is 11.6 Å². The van der Waals surface area contributed by atoms with Crippen LogP contribution in [0.3, 0.4) is 0 Å². The molecule has 0 unspecified atom stereocenters. The average Bonchev–Trinajstić information content (AvgIpc) is 2.63. The number of aryl methyl sites for hydroxylation is 2. The number of anilines is 1. The molecule has 0 radical (unpaired) electrons. The second-order valence-corrected chi connectivity index (χ2v) is 4.04. The molecule has 0 amide bonds. The average molecular weight is 237 g/mol. The maximum atomic E-state index is 5.78. The van der Waals surface area contributed by atoms with Gasteiger partial charge in [-0.3, -0.25) is 4.68 Å². The molecule has 0 aliphatic carbocycles. The van der Waals surface area contributed by atoms with Gasteiger partial charge in [0.1, 0.15) is 5.15 Å². The highest BCUT2D eigenvalue weighted by atomic mass is 35.5. The van der Waals surface area contributed by atoms with Crippen LogP contribution in [0.5, 0.6) is 0 Å². The van der Waals surface area contributed by atoms with Gasteiger partial charge in [-0.2, -0.15) is 5.10 Å². The van der Waals surface area contributed by atoms with Crippen LogP contribution in [0.1, 0.15) is 11.3 Å². The van der Waals surface area contributed by atoms with Crippen molar-refractivity contribution in [3.05, 3.63) is 40.9 Å². The molecule has 0 saturated heterocycles. The Morgan fingerprint density at radius 1 is 1.50 bits per heavy atom. The summed E-state index contributed by atoms with van der Waals surface area (Å²) in [7, 11) is 1.90. The van der Waals surface area contributed by atoms with E-state index in [-0.39, 0.29) is 0 Å². The molecular weight excluding hydrogens is 224 g/mol. The number of halogens is 1. The van der Waals surface area contributed by atoms with Crippen LogP contribution in [0.2, 0.25) is 5.15 Å². The van der Waals surface area contributed by atoms with Crippen molar-refractivity contribution in [3.63, 3.8) is 0 Å². The van der Waals surface area contributed by atoms with Crippen LogP contribution < -0.4 is 5.32 Å². The first-order valence-electron chi connectivity index (χ1n) is 4.99. The van der Waals surface area contributed by atoms with Gasteiger partial charge in [-0.1, -0.05) is 11.6 Å². The van der Waals surface area contributed by atoms with Gasteiger partial charge >= 0.3 is 0 Å². The van der Waals surface area contributed by atoms with E-state index in [9.17, 15) is 0 Å². The normalized spacial score (nSPS) is 10.4. The lowest BCUT2D eigenvalue weighted by Crippen LogP contribution is -2.03. The summed E-state index contributed by atoms with van der Waals surface area (Å²) in [5.41, 5.74) is 3.06. The summed E-state index contributed by atoms with van der Waals surface area (Å²) < 4.78 is 1.78. The van der Waals surface area contributed by atoms with E-state index in [2.05, 4.69) is 15.4 Å². The molecule has 0 aliphatic heterocycles. The first kappa shape index (κ1) is 11.0. The Morgan fingerprint density at radius 3 is 2.94 bits per heavy atom. The molecular formula is C11H13ClN4. The summed E-state index contributed by atoms with van der Waals surface area (Å²) in [6.07, 6.45) is 3.66. The molecule has 2 aromatic heterocycles. The van der Waals surface area contributed by atoms with E-state index in [1.54, 1.807) is 10.9 Å². The van der Waals surface area contributed by atoms with Gasteiger partial charge in [0.05, 0.1) is 24.1 Å². The summed E-state index contributed by atoms with van der Waals surface area (Å²) in [4.78, 5) is 4.03. The number of pyridine rings is 1. The molecule has 0 aromatic carbocycles. The summed E-state index contributed by atoms with van der Waals surface area (Å²) in [5, 5.41) is 8.07. The van der Waals surface area contributed by atoms with Crippen LogP contribution in [0, 0.1) is 6.92 Å². The zero-order valence-electron chi connectivity index (χ0n) is 9.24. The third-order valence-electron chi connectivity index (χ3n) is 2.31. The number of hydrogen-bond donors (Lipinski definition) is 1. The Bertz CT molecular complexity index is 492. The minimum absolute atomic E-state index is 0.515. The first-order chi connectivity index (χ1) is 7.65. The van der Waals surface area contributed by atoms with Crippen molar-refractivity contribution in [3.8, 4) is 0 Å². The Hall–Kier alpha value is -1.55. The number of nitrogens with zero attached hydrogens (tertiary/aromatic N) is 3. The molecule has 16 heavy (non-hydrogen) atoms. The minimum Gasteiger partial charge on any atom is -0.378 e. The fourth-order valence-corrected chi connectivity index (χ4v) is 1.66. The third kappa shape index (κ3) is 2.52. The summed E-state index contributed by atoms with van der Waals surface area (Å²) >= 11 is 5.78. The van der Waals surface area contributed by atoms with Gasteiger partial charge in [-0.15, -0.1) is 0 Å². The number of hydrogen-bond acceptors (Lipinski definition) is 3. The summed E-state index contributed by atoms with van der Waals surface area (Å²) in [6.45, 7) is 2.68. The minimum atomic E-state index is 0.515. The quantitative estimate of drug-likeness (QED) is 0.833. The zero-order chi connectivity index (χ0) is 11.5. The SMILES string of the molecule is Cc1cc(Cl)ncc1NCc1ccn(C)n1. The molecule has 5 heteroatoms. The molecule has 2 heterocycles. The van der Waals surface area contributed by atoms with Crippen LogP contribution in [0.4, 0.5) is 5.69 Å². The van der Waals surface area contributed by atoms with Gasteiger partial charge in [0.25, 0.3) is 0 Å². The predicted molar refractivity (Wildman–Crippen MR) is 64.5 cm³/mol. The molecule has 0 atom stereocenters. The molecule has 4 nitrogen and oxygen atoms in total. The van der Waals surface area contributed by atoms with E-state index in [0.29, 0.717) is 11.7 Å². The van der Waals surface area contributed by atoms with Crippen LogP contribution >= 0.6 is 11.6 Å². The highest BCUT2D eigenvalue weighted by Crippen LogP contribution is 2.17. The van der Waals surface area contributed by atoms with Gasteiger partial charge in [0, 0.05) is 13.2 Å². The van der Waals surface area contributed by atoms with Gasteiger partial charge < -0.3 is 5.32 Å². The molecule has 0 spiro atoms. The van der Waals surface area contributed by atoms with Crippen molar-refractivity contribution in [2.45, 2.75) is 13.5 Å². The van der Waals surface area contributed by atoms with E-state index in [0.717, 1.165) is 16.9 Å². The van der Waals surface area contributed by atoms with Crippen LogP contribution in [-0.2, 0) is 13.6 Å².